The molecule has 0 atom stereocenters. The topological polar surface area (TPSA) is 26.3 Å². The summed E-state index contributed by atoms with van der Waals surface area (Å²) in [6, 6.07) is 0. The van der Waals surface area contributed by atoms with Crippen molar-refractivity contribution in [3.05, 3.63) is 0 Å². The zero-order valence-corrected chi connectivity index (χ0v) is 6.78. The van der Waals surface area contributed by atoms with E-state index in [9.17, 15) is 4.79 Å². The molecule has 0 radical (unpaired) electrons. The van der Waals surface area contributed by atoms with E-state index in [-0.39, 0.29) is 11.4 Å². The fourth-order valence-electron chi connectivity index (χ4n) is 1.21. The SMILES string of the molecule is COC(=O)C1(CCl)CCC1. The second-order valence-corrected chi connectivity index (χ2v) is 3.03. The molecule has 1 aliphatic rings. The van der Waals surface area contributed by atoms with Gasteiger partial charge in [-0.1, -0.05) is 6.42 Å². The van der Waals surface area contributed by atoms with Gasteiger partial charge in [0.2, 0.25) is 0 Å². The minimum absolute atomic E-state index is 0.145. The lowest BCUT2D eigenvalue weighted by atomic mass is 9.70. The molecule has 1 aliphatic carbocycles. The lowest BCUT2D eigenvalue weighted by Gasteiger charge is -2.36. The fraction of sp³-hybridized carbons (Fsp3) is 0.857. The molecule has 2 nitrogen and oxygen atoms in total. The van der Waals surface area contributed by atoms with E-state index in [1.807, 2.05) is 0 Å². The Hall–Kier alpha value is -0.240. The zero-order chi connectivity index (χ0) is 7.61. The predicted molar refractivity (Wildman–Crippen MR) is 39.0 cm³/mol. The number of carbonyl (C=O) groups is 1. The van der Waals surface area contributed by atoms with Gasteiger partial charge in [-0.15, -0.1) is 11.6 Å². The molecule has 0 aromatic rings. The van der Waals surface area contributed by atoms with E-state index in [0.717, 1.165) is 19.3 Å². The van der Waals surface area contributed by atoms with Crippen molar-refractivity contribution in [1.82, 2.24) is 0 Å². The largest absolute Gasteiger partial charge is 0.469 e. The number of rotatable bonds is 2. The van der Waals surface area contributed by atoms with Gasteiger partial charge in [0, 0.05) is 5.88 Å². The number of hydrogen-bond acceptors (Lipinski definition) is 2. The van der Waals surface area contributed by atoms with E-state index in [4.69, 9.17) is 11.6 Å². The molecule has 58 valence electrons. The van der Waals surface area contributed by atoms with Crippen LogP contribution in [-0.2, 0) is 9.53 Å². The van der Waals surface area contributed by atoms with Crippen molar-refractivity contribution in [3.63, 3.8) is 0 Å². The van der Waals surface area contributed by atoms with Crippen molar-refractivity contribution in [1.29, 1.82) is 0 Å². The number of methoxy groups -OCH3 is 1. The summed E-state index contributed by atoms with van der Waals surface area (Å²) in [6.07, 6.45) is 2.88. The summed E-state index contributed by atoms with van der Waals surface area (Å²) in [6.45, 7) is 0. The zero-order valence-electron chi connectivity index (χ0n) is 6.02. The number of ether oxygens (including phenoxy) is 1. The Bertz CT molecular complexity index is 135. The summed E-state index contributed by atoms with van der Waals surface area (Å²) in [5, 5.41) is 0. The Balaban J connectivity index is 2.55. The summed E-state index contributed by atoms with van der Waals surface area (Å²) in [7, 11) is 1.41. The van der Waals surface area contributed by atoms with Gasteiger partial charge in [-0.25, -0.2) is 0 Å². The highest BCUT2D eigenvalue weighted by molar-refractivity contribution is 6.19. The molecule has 0 saturated heterocycles. The van der Waals surface area contributed by atoms with Crippen LogP contribution < -0.4 is 0 Å². The minimum Gasteiger partial charge on any atom is -0.469 e. The Kier molecular flexibility index (Phi) is 2.19. The van der Waals surface area contributed by atoms with E-state index in [1.54, 1.807) is 0 Å². The highest BCUT2D eigenvalue weighted by Crippen LogP contribution is 2.42. The van der Waals surface area contributed by atoms with Gasteiger partial charge < -0.3 is 4.74 Å². The second kappa shape index (κ2) is 2.79. The van der Waals surface area contributed by atoms with Crippen molar-refractivity contribution in [2.24, 2.45) is 5.41 Å². The van der Waals surface area contributed by atoms with Gasteiger partial charge in [-0.05, 0) is 12.8 Å². The van der Waals surface area contributed by atoms with Gasteiger partial charge in [-0.2, -0.15) is 0 Å². The number of carbonyl (C=O) groups excluding carboxylic acids is 1. The molecule has 3 heteroatoms. The molecule has 0 unspecified atom stereocenters. The second-order valence-electron chi connectivity index (χ2n) is 2.76. The van der Waals surface area contributed by atoms with Crippen LogP contribution in [0, 0.1) is 5.41 Å². The third kappa shape index (κ3) is 1.01. The van der Waals surface area contributed by atoms with Crippen LogP contribution in [0.4, 0.5) is 0 Å². The maximum absolute atomic E-state index is 11.0. The van der Waals surface area contributed by atoms with Gasteiger partial charge in [0.15, 0.2) is 0 Å². The van der Waals surface area contributed by atoms with E-state index in [2.05, 4.69) is 4.74 Å². The molecule has 0 aromatic carbocycles. The van der Waals surface area contributed by atoms with Crippen LogP contribution in [0.25, 0.3) is 0 Å². The molecule has 1 fully saturated rings. The smallest absolute Gasteiger partial charge is 0.313 e. The molecular formula is C7H11ClO2. The number of esters is 1. The highest BCUT2D eigenvalue weighted by atomic mass is 35.5. The predicted octanol–water partition coefficient (Wildman–Crippen LogP) is 1.57. The first-order valence-corrected chi connectivity index (χ1v) is 3.93. The van der Waals surface area contributed by atoms with Crippen LogP contribution in [0.5, 0.6) is 0 Å². The molecule has 0 aromatic heterocycles. The number of alkyl halides is 1. The molecular weight excluding hydrogens is 152 g/mol. The average molecular weight is 163 g/mol. The molecule has 1 saturated carbocycles. The first kappa shape index (κ1) is 7.86. The Morgan fingerprint density at radius 3 is 2.40 bits per heavy atom. The molecule has 0 aliphatic heterocycles. The fourth-order valence-corrected chi connectivity index (χ4v) is 1.59. The van der Waals surface area contributed by atoms with Gasteiger partial charge in [0.25, 0.3) is 0 Å². The summed E-state index contributed by atoms with van der Waals surface area (Å²) >= 11 is 5.63. The van der Waals surface area contributed by atoms with E-state index in [0.29, 0.717) is 5.88 Å². The van der Waals surface area contributed by atoms with Gasteiger partial charge >= 0.3 is 5.97 Å². The van der Waals surface area contributed by atoms with Gasteiger partial charge in [0.05, 0.1) is 12.5 Å². The molecule has 10 heavy (non-hydrogen) atoms. The normalized spacial score (nSPS) is 21.4. The van der Waals surface area contributed by atoms with Crippen molar-refractivity contribution in [2.45, 2.75) is 19.3 Å². The van der Waals surface area contributed by atoms with Gasteiger partial charge in [-0.3, -0.25) is 4.79 Å². The molecule has 1 rings (SSSR count). The van der Waals surface area contributed by atoms with E-state index >= 15 is 0 Å². The molecule has 0 spiro atoms. The van der Waals surface area contributed by atoms with Crippen molar-refractivity contribution >= 4 is 17.6 Å². The number of halogens is 1. The summed E-state index contributed by atoms with van der Waals surface area (Å²) in [4.78, 5) is 11.0. The molecule has 0 N–H and O–H groups in total. The van der Waals surface area contributed by atoms with Crippen LogP contribution in [-0.4, -0.2) is 19.0 Å². The lowest BCUT2D eigenvalue weighted by Crippen LogP contribution is -2.40. The maximum atomic E-state index is 11.0. The highest BCUT2D eigenvalue weighted by Gasteiger charge is 2.44. The summed E-state index contributed by atoms with van der Waals surface area (Å²) in [5.41, 5.74) is -0.323. The van der Waals surface area contributed by atoms with E-state index < -0.39 is 0 Å². The first-order valence-electron chi connectivity index (χ1n) is 3.39. The van der Waals surface area contributed by atoms with Crippen LogP contribution >= 0.6 is 11.6 Å². The quantitative estimate of drug-likeness (QED) is 0.455. The van der Waals surface area contributed by atoms with Crippen LogP contribution in [0.2, 0.25) is 0 Å². The standard InChI is InChI=1S/C7H11ClO2/c1-10-6(9)7(5-8)3-2-4-7/h2-5H2,1H3. The van der Waals surface area contributed by atoms with Crippen molar-refractivity contribution in [2.75, 3.05) is 13.0 Å². The van der Waals surface area contributed by atoms with Crippen LogP contribution in [0.15, 0.2) is 0 Å². The third-order valence-electron chi connectivity index (χ3n) is 2.18. The number of hydrogen-bond donors (Lipinski definition) is 0. The molecule has 0 heterocycles. The Labute approximate surface area is 65.5 Å². The van der Waals surface area contributed by atoms with E-state index in [1.165, 1.54) is 7.11 Å². The summed E-state index contributed by atoms with van der Waals surface area (Å²) < 4.78 is 4.62. The summed E-state index contributed by atoms with van der Waals surface area (Å²) in [5.74, 6) is 0.258. The first-order chi connectivity index (χ1) is 4.75. The molecule has 0 bridgehead atoms. The van der Waals surface area contributed by atoms with Crippen molar-refractivity contribution in [3.8, 4) is 0 Å². The lowest BCUT2D eigenvalue weighted by molar-refractivity contribution is -0.156. The monoisotopic (exact) mass is 162 g/mol. The van der Waals surface area contributed by atoms with Crippen LogP contribution in [0.3, 0.4) is 0 Å². The average Bonchev–Trinajstić information content (AvgIpc) is 1.86. The third-order valence-corrected chi connectivity index (χ3v) is 2.70. The van der Waals surface area contributed by atoms with Crippen LogP contribution in [0.1, 0.15) is 19.3 Å². The maximum Gasteiger partial charge on any atom is 0.313 e. The Morgan fingerprint density at radius 1 is 1.70 bits per heavy atom. The molecule has 0 amide bonds. The van der Waals surface area contributed by atoms with Crippen molar-refractivity contribution < 1.29 is 9.53 Å². The van der Waals surface area contributed by atoms with Gasteiger partial charge in [0.1, 0.15) is 0 Å². The minimum atomic E-state index is -0.323. The Morgan fingerprint density at radius 2 is 2.30 bits per heavy atom.